The van der Waals surface area contributed by atoms with Crippen molar-refractivity contribution in [3.63, 3.8) is 0 Å². The second kappa shape index (κ2) is 8.90. The Morgan fingerprint density at radius 1 is 0.781 bits per heavy atom. The summed E-state index contributed by atoms with van der Waals surface area (Å²) in [6, 6.07) is 35.9. The number of allylic oxidation sites excluding steroid dienone is 1. The first-order valence-electron chi connectivity index (χ1n) is 10.9. The zero-order valence-corrected chi connectivity index (χ0v) is 18.7. The molecule has 0 amide bonds. The van der Waals surface area contributed by atoms with E-state index in [0.29, 0.717) is 0 Å². The quantitative estimate of drug-likeness (QED) is 0.285. The van der Waals surface area contributed by atoms with Crippen LogP contribution in [0.25, 0.3) is 28.2 Å². The van der Waals surface area contributed by atoms with Crippen molar-refractivity contribution in [3.05, 3.63) is 136 Å². The van der Waals surface area contributed by atoms with Crippen LogP contribution in [0.15, 0.2) is 109 Å². The van der Waals surface area contributed by atoms with Gasteiger partial charge >= 0.3 is 0 Å². The number of aryl methyl sites for hydroxylation is 1. The van der Waals surface area contributed by atoms with E-state index in [-0.39, 0.29) is 5.92 Å². The summed E-state index contributed by atoms with van der Waals surface area (Å²) < 4.78 is 0. The molecule has 0 aliphatic carbocycles. The highest BCUT2D eigenvalue weighted by molar-refractivity contribution is 6.31. The second-order valence-corrected chi connectivity index (χ2v) is 8.56. The van der Waals surface area contributed by atoms with Crippen LogP contribution < -0.4 is 0 Å². The molecule has 0 aliphatic heterocycles. The molecule has 0 saturated heterocycles. The summed E-state index contributed by atoms with van der Waals surface area (Å²) in [5.41, 5.74) is 8.31. The van der Waals surface area contributed by atoms with Crippen molar-refractivity contribution in [2.24, 2.45) is 0 Å². The summed E-state index contributed by atoms with van der Waals surface area (Å²) in [6.07, 6.45) is 4.51. The Hall–Kier alpha value is -3.55. The third-order valence-electron chi connectivity index (χ3n) is 5.89. The monoisotopic (exact) mass is 433 g/mol. The highest BCUT2D eigenvalue weighted by atomic mass is 35.5. The molecule has 0 radical (unpaired) electrons. The van der Waals surface area contributed by atoms with Crippen LogP contribution in [0.3, 0.4) is 0 Å². The molecular weight excluding hydrogens is 410 g/mol. The lowest BCUT2D eigenvalue weighted by Gasteiger charge is -2.16. The molecule has 4 aromatic carbocycles. The standard InChI is InChI=1S/C30H24ClN/c1-21-12-15-24(16-13-21)30-29(27-20-25(31)17-19-28(27)32-30)26(23-10-6-3-7-11-23)18-14-22-8-4-2-5-9-22/h2-20,26,32H,1H3/b18-14+. The molecule has 1 atom stereocenters. The van der Waals surface area contributed by atoms with Gasteiger partial charge < -0.3 is 4.98 Å². The van der Waals surface area contributed by atoms with Gasteiger partial charge in [0.25, 0.3) is 0 Å². The molecule has 0 spiro atoms. The van der Waals surface area contributed by atoms with E-state index in [1.165, 1.54) is 27.8 Å². The summed E-state index contributed by atoms with van der Waals surface area (Å²) in [4.78, 5) is 3.68. The van der Waals surface area contributed by atoms with Gasteiger partial charge in [-0.1, -0.05) is 114 Å². The maximum Gasteiger partial charge on any atom is 0.0506 e. The number of aromatic amines is 1. The van der Waals surface area contributed by atoms with Crippen molar-refractivity contribution in [1.29, 1.82) is 0 Å². The second-order valence-electron chi connectivity index (χ2n) is 8.13. The lowest BCUT2D eigenvalue weighted by molar-refractivity contribution is 1.05. The number of hydrogen-bond acceptors (Lipinski definition) is 0. The number of rotatable bonds is 5. The zero-order chi connectivity index (χ0) is 21.9. The number of aromatic nitrogens is 1. The Kier molecular flexibility index (Phi) is 5.66. The average molecular weight is 434 g/mol. The largest absolute Gasteiger partial charge is 0.354 e. The van der Waals surface area contributed by atoms with Gasteiger partial charge in [-0.25, -0.2) is 0 Å². The lowest BCUT2D eigenvalue weighted by atomic mass is 9.87. The van der Waals surface area contributed by atoms with Crippen molar-refractivity contribution in [3.8, 4) is 11.3 Å². The minimum Gasteiger partial charge on any atom is -0.354 e. The molecule has 1 aromatic heterocycles. The van der Waals surface area contributed by atoms with Gasteiger partial charge in [-0.05, 0) is 47.4 Å². The van der Waals surface area contributed by atoms with Gasteiger partial charge in [0.15, 0.2) is 0 Å². The van der Waals surface area contributed by atoms with E-state index >= 15 is 0 Å². The van der Waals surface area contributed by atoms with Crippen LogP contribution in [0.2, 0.25) is 5.02 Å². The smallest absolute Gasteiger partial charge is 0.0506 e. The topological polar surface area (TPSA) is 15.8 Å². The van der Waals surface area contributed by atoms with Gasteiger partial charge in [0.05, 0.1) is 5.69 Å². The Balaban J connectivity index is 1.76. The molecule has 5 rings (SSSR count). The molecular formula is C30H24ClN. The fourth-order valence-electron chi connectivity index (χ4n) is 4.26. The number of fused-ring (bicyclic) bond motifs is 1. The molecule has 0 aliphatic rings. The first kappa shape index (κ1) is 20.4. The van der Waals surface area contributed by atoms with Crippen molar-refractivity contribution >= 4 is 28.6 Å². The van der Waals surface area contributed by atoms with Crippen LogP contribution in [0.4, 0.5) is 0 Å². The molecule has 1 N–H and O–H groups in total. The van der Waals surface area contributed by atoms with Crippen molar-refractivity contribution in [2.75, 3.05) is 0 Å². The van der Waals surface area contributed by atoms with Gasteiger partial charge in [-0.2, -0.15) is 0 Å². The minimum absolute atomic E-state index is 0.0694. The van der Waals surface area contributed by atoms with Gasteiger partial charge in [-0.3, -0.25) is 0 Å². The third-order valence-corrected chi connectivity index (χ3v) is 6.13. The first-order valence-corrected chi connectivity index (χ1v) is 11.2. The Morgan fingerprint density at radius 3 is 2.19 bits per heavy atom. The Morgan fingerprint density at radius 2 is 1.47 bits per heavy atom. The van der Waals surface area contributed by atoms with Gasteiger partial charge in [0, 0.05) is 21.8 Å². The van der Waals surface area contributed by atoms with Gasteiger partial charge in [0.2, 0.25) is 0 Å². The van der Waals surface area contributed by atoms with E-state index in [0.717, 1.165) is 21.6 Å². The van der Waals surface area contributed by atoms with Crippen molar-refractivity contribution in [2.45, 2.75) is 12.8 Å². The molecule has 5 aromatic rings. The van der Waals surface area contributed by atoms with E-state index in [4.69, 9.17) is 11.6 Å². The number of benzene rings is 4. The molecule has 0 saturated carbocycles. The molecule has 32 heavy (non-hydrogen) atoms. The number of hydrogen-bond donors (Lipinski definition) is 1. The zero-order valence-electron chi connectivity index (χ0n) is 17.9. The highest BCUT2D eigenvalue weighted by Crippen LogP contribution is 2.40. The minimum atomic E-state index is 0.0694. The van der Waals surface area contributed by atoms with Crippen LogP contribution in [-0.4, -0.2) is 4.98 Å². The molecule has 0 fully saturated rings. The van der Waals surface area contributed by atoms with Crippen LogP contribution in [0, 0.1) is 6.92 Å². The van der Waals surface area contributed by atoms with Crippen LogP contribution in [0.5, 0.6) is 0 Å². The van der Waals surface area contributed by atoms with E-state index < -0.39 is 0 Å². The lowest BCUT2D eigenvalue weighted by Crippen LogP contribution is -1.99. The predicted octanol–water partition coefficient (Wildman–Crippen LogP) is 8.64. The number of nitrogens with one attached hydrogen (secondary N) is 1. The maximum atomic E-state index is 6.46. The fourth-order valence-corrected chi connectivity index (χ4v) is 4.43. The maximum absolute atomic E-state index is 6.46. The average Bonchev–Trinajstić information content (AvgIpc) is 3.19. The van der Waals surface area contributed by atoms with Gasteiger partial charge in [-0.15, -0.1) is 0 Å². The molecule has 1 nitrogen and oxygen atoms in total. The summed E-state index contributed by atoms with van der Waals surface area (Å²) in [5, 5.41) is 1.90. The summed E-state index contributed by atoms with van der Waals surface area (Å²) >= 11 is 6.46. The SMILES string of the molecule is Cc1ccc(-c2[nH]c3ccc(Cl)cc3c2C(/C=C/c2ccccc2)c2ccccc2)cc1. The van der Waals surface area contributed by atoms with Crippen LogP contribution >= 0.6 is 11.6 Å². The fraction of sp³-hybridized carbons (Fsp3) is 0.0667. The molecule has 1 heterocycles. The first-order chi connectivity index (χ1) is 15.7. The van der Waals surface area contributed by atoms with E-state index in [1.54, 1.807) is 0 Å². The third kappa shape index (κ3) is 4.12. The van der Waals surface area contributed by atoms with E-state index in [2.05, 4.69) is 115 Å². The highest BCUT2D eigenvalue weighted by Gasteiger charge is 2.22. The predicted molar refractivity (Wildman–Crippen MR) is 137 cm³/mol. The molecule has 1 unspecified atom stereocenters. The van der Waals surface area contributed by atoms with E-state index in [9.17, 15) is 0 Å². The molecule has 156 valence electrons. The van der Waals surface area contributed by atoms with Crippen LogP contribution in [-0.2, 0) is 0 Å². The van der Waals surface area contributed by atoms with Crippen LogP contribution in [0.1, 0.15) is 28.2 Å². The van der Waals surface area contributed by atoms with Crippen molar-refractivity contribution < 1.29 is 0 Å². The number of H-pyrrole nitrogens is 1. The molecule has 0 bridgehead atoms. The normalized spacial score (nSPS) is 12.4. The number of halogens is 1. The Labute approximate surface area is 194 Å². The van der Waals surface area contributed by atoms with Crippen molar-refractivity contribution in [1.82, 2.24) is 4.98 Å². The summed E-state index contributed by atoms with van der Waals surface area (Å²) in [5.74, 6) is 0.0694. The summed E-state index contributed by atoms with van der Waals surface area (Å²) in [6.45, 7) is 2.12. The molecule has 2 heteroatoms. The Bertz CT molecular complexity index is 1360. The summed E-state index contributed by atoms with van der Waals surface area (Å²) in [7, 11) is 0. The van der Waals surface area contributed by atoms with Gasteiger partial charge in [0.1, 0.15) is 0 Å². The van der Waals surface area contributed by atoms with E-state index in [1.807, 2.05) is 12.1 Å².